The average molecular weight is 431 g/mol. The molecule has 0 atom stereocenters. The molecule has 4 aromatic rings. The molecule has 0 bridgehead atoms. The summed E-state index contributed by atoms with van der Waals surface area (Å²) < 4.78 is 2.24. The van der Waals surface area contributed by atoms with Crippen LogP contribution in [-0.4, -0.2) is 22.1 Å². The molecule has 0 aliphatic heterocycles. The van der Waals surface area contributed by atoms with E-state index < -0.39 is 0 Å². The van der Waals surface area contributed by atoms with Crippen molar-refractivity contribution < 1.29 is 9.90 Å². The van der Waals surface area contributed by atoms with Crippen molar-refractivity contribution in [1.29, 1.82) is 0 Å². The van der Waals surface area contributed by atoms with Gasteiger partial charge in [-0.25, -0.2) is 0 Å². The lowest BCUT2D eigenvalue weighted by Crippen LogP contribution is -2.23. The smallest absolute Gasteiger partial charge is 0.244 e. The van der Waals surface area contributed by atoms with E-state index in [9.17, 15) is 9.90 Å². The highest BCUT2D eigenvalue weighted by molar-refractivity contribution is 6.30. The lowest BCUT2D eigenvalue weighted by Gasteiger charge is -2.05. The molecule has 0 aliphatic carbocycles. The van der Waals surface area contributed by atoms with Crippen LogP contribution in [0, 0.1) is 0 Å². The third-order valence-corrected chi connectivity index (χ3v) is 5.40. The predicted octanol–water partition coefficient (Wildman–Crippen LogP) is 5.42. The van der Waals surface area contributed by atoms with Gasteiger partial charge in [-0.1, -0.05) is 54.1 Å². The zero-order valence-corrected chi connectivity index (χ0v) is 17.7. The highest BCUT2D eigenvalue weighted by Crippen LogP contribution is 2.23. The summed E-state index contributed by atoms with van der Waals surface area (Å²) in [6.45, 7) is 1.31. The summed E-state index contributed by atoms with van der Waals surface area (Å²) in [5.74, 6) is 0.0646. The van der Waals surface area contributed by atoms with Gasteiger partial charge in [0.25, 0.3) is 0 Å². The number of amides is 1. The number of hydrogen-bond donors (Lipinski definition) is 2. The lowest BCUT2D eigenvalue weighted by atomic mass is 10.1. The molecule has 0 aliphatic rings. The van der Waals surface area contributed by atoms with Crippen molar-refractivity contribution in [1.82, 2.24) is 9.88 Å². The number of carbonyl (C=O) groups excluding carboxylic acids is 1. The molecule has 156 valence electrons. The largest absolute Gasteiger partial charge is 0.508 e. The van der Waals surface area contributed by atoms with E-state index in [1.807, 2.05) is 36.4 Å². The first-order valence-electron chi connectivity index (χ1n) is 10.1. The fraction of sp³-hybridized carbons (Fsp3) is 0.115. The summed E-state index contributed by atoms with van der Waals surface area (Å²) in [5, 5.41) is 14.2. The van der Waals surface area contributed by atoms with Crippen LogP contribution in [0.3, 0.4) is 0 Å². The van der Waals surface area contributed by atoms with Gasteiger partial charge in [0, 0.05) is 41.3 Å². The Kier molecular flexibility index (Phi) is 6.39. The summed E-state index contributed by atoms with van der Waals surface area (Å²) in [4.78, 5) is 12.1. The summed E-state index contributed by atoms with van der Waals surface area (Å²) in [5.41, 5.74) is 4.42. The molecule has 0 unspecified atom stereocenters. The maximum Gasteiger partial charge on any atom is 0.244 e. The van der Waals surface area contributed by atoms with Gasteiger partial charge in [-0.2, -0.15) is 0 Å². The van der Waals surface area contributed by atoms with Crippen molar-refractivity contribution in [2.24, 2.45) is 0 Å². The molecule has 4 nitrogen and oxygen atoms in total. The normalized spacial score (nSPS) is 11.3. The van der Waals surface area contributed by atoms with Gasteiger partial charge in [0.15, 0.2) is 0 Å². The van der Waals surface area contributed by atoms with Gasteiger partial charge in [0.1, 0.15) is 5.75 Å². The Morgan fingerprint density at radius 3 is 2.52 bits per heavy atom. The number of aromatic hydroxyl groups is 1. The van der Waals surface area contributed by atoms with Crippen LogP contribution in [-0.2, 0) is 17.8 Å². The van der Waals surface area contributed by atoms with Crippen molar-refractivity contribution >= 4 is 34.5 Å². The Morgan fingerprint density at radius 1 is 1.00 bits per heavy atom. The van der Waals surface area contributed by atoms with E-state index in [0.29, 0.717) is 6.54 Å². The summed E-state index contributed by atoms with van der Waals surface area (Å²) in [6, 6.07) is 22.9. The molecule has 5 heteroatoms. The molecule has 1 amide bonds. The van der Waals surface area contributed by atoms with Crippen LogP contribution in [0.5, 0.6) is 5.75 Å². The van der Waals surface area contributed by atoms with Crippen LogP contribution in [0.25, 0.3) is 17.0 Å². The summed E-state index contributed by atoms with van der Waals surface area (Å²) in [7, 11) is 0. The minimum atomic E-state index is -0.141. The van der Waals surface area contributed by atoms with Gasteiger partial charge in [-0.15, -0.1) is 0 Å². The van der Waals surface area contributed by atoms with Crippen molar-refractivity contribution in [3.8, 4) is 5.75 Å². The Labute approximate surface area is 186 Å². The molecule has 0 saturated heterocycles. The predicted molar refractivity (Wildman–Crippen MR) is 126 cm³/mol. The second-order valence-electron chi connectivity index (χ2n) is 7.39. The van der Waals surface area contributed by atoms with E-state index >= 15 is 0 Å². The topological polar surface area (TPSA) is 54.3 Å². The molecule has 0 saturated carbocycles. The van der Waals surface area contributed by atoms with E-state index in [1.165, 1.54) is 28.1 Å². The number of benzene rings is 3. The standard InChI is InChI=1S/C26H23ClN2O2/c27-22-10-5-20(6-11-22)17-29-18-21(24-3-1-2-4-25(24)29)15-16-28-26(31)14-9-19-7-12-23(30)13-8-19/h1-14,18,30H,15-17H2,(H,28,31)/b14-9+. The molecular formula is C26H23ClN2O2. The number of nitrogens with zero attached hydrogens (tertiary/aromatic N) is 1. The maximum absolute atomic E-state index is 12.1. The SMILES string of the molecule is O=C(/C=C/c1ccc(O)cc1)NCCc1cn(Cc2ccc(Cl)cc2)c2ccccc12. The number of fused-ring (bicyclic) bond motifs is 1. The van der Waals surface area contributed by atoms with Gasteiger partial charge in [0.2, 0.25) is 5.91 Å². The first kappa shape index (κ1) is 20.8. The van der Waals surface area contributed by atoms with Crippen LogP contribution in [0.2, 0.25) is 5.02 Å². The number of rotatable bonds is 7. The molecule has 3 aromatic carbocycles. The van der Waals surface area contributed by atoms with Crippen molar-refractivity contribution in [3.05, 3.63) is 107 Å². The van der Waals surface area contributed by atoms with Gasteiger partial charge in [-0.3, -0.25) is 4.79 Å². The molecule has 4 rings (SSSR count). The Morgan fingerprint density at radius 2 is 1.74 bits per heavy atom. The number of hydrogen-bond acceptors (Lipinski definition) is 2. The average Bonchev–Trinajstić information content (AvgIpc) is 3.12. The summed E-state index contributed by atoms with van der Waals surface area (Å²) >= 11 is 6.00. The van der Waals surface area contributed by atoms with Crippen molar-refractivity contribution in [2.45, 2.75) is 13.0 Å². The van der Waals surface area contributed by atoms with Crippen LogP contribution in [0.15, 0.2) is 85.1 Å². The van der Waals surface area contributed by atoms with Gasteiger partial charge in [-0.05, 0) is 59.5 Å². The molecule has 1 aromatic heterocycles. The molecule has 2 N–H and O–H groups in total. The molecule has 31 heavy (non-hydrogen) atoms. The number of aromatic nitrogens is 1. The monoisotopic (exact) mass is 430 g/mol. The fourth-order valence-corrected chi connectivity index (χ4v) is 3.70. The highest BCUT2D eigenvalue weighted by atomic mass is 35.5. The third kappa shape index (κ3) is 5.36. The van der Waals surface area contributed by atoms with E-state index in [-0.39, 0.29) is 11.7 Å². The molecule has 0 radical (unpaired) electrons. The molecule has 0 fully saturated rings. The second-order valence-corrected chi connectivity index (χ2v) is 7.83. The Bertz CT molecular complexity index is 1210. The quantitative estimate of drug-likeness (QED) is 0.384. The van der Waals surface area contributed by atoms with Crippen LogP contribution < -0.4 is 5.32 Å². The first-order chi connectivity index (χ1) is 15.1. The Balaban J connectivity index is 1.40. The molecule has 1 heterocycles. The number of para-hydroxylation sites is 1. The van der Waals surface area contributed by atoms with E-state index in [0.717, 1.165) is 23.6 Å². The van der Waals surface area contributed by atoms with Crippen molar-refractivity contribution in [3.63, 3.8) is 0 Å². The zero-order valence-electron chi connectivity index (χ0n) is 17.0. The Hall–Kier alpha value is -3.50. The summed E-state index contributed by atoms with van der Waals surface area (Å²) in [6.07, 6.45) is 6.15. The third-order valence-electron chi connectivity index (χ3n) is 5.15. The molecular weight excluding hydrogens is 408 g/mol. The van der Waals surface area contributed by atoms with Crippen LogP contribution >= 0.6 is 11.6 Å². The number of phenolic OH excluding ortho intramolecular Hbond substituents is 1. The molecule has 0 spiro atoms. The second kappa shape index (κ2) is 9.54. The van der Waals surface area contributed by atoms with Gasteiger partial charge >= 0.3 is 0 Å². The highest BCUT2D eigenvalue weighted by Gasteiger charge is 2.09. The fourth-order valence-electron chi connectivity index (χ4n) is 3.58. The minimum Gasteiger partial charge on any atom is -0.508 e. The number of phenols is 1. The maximum atomic E-state index is 12.1. The van der Waals surface area contributed by atoms with E-state index in [1.54, 1.807) is 30.3 Å². The van der Waals surface area contributed by atoms with Crippen LogP contribution in [0.4, 0.5) is 0 Å². The van der Waals surface area contributed by atoms with Gasteiger partial charge < -0.3 is 15.0 Å². The number of halogens is 1. The van der Waals surface area contributed by atoms with Gasteiger partial charge in [0.05, 0.1) is 0 Å². The zero-order chi connectivity index (χ0) is 21.6. The van der Waals surface area contributed by atoms with Crippen LogP contribution in [0.1, 0.15) is 16.7 Å². The minimum absolute atomic E-state index is 0.141. The first-order valence-corrected chi connectivity index (χ1v) is 10.5. The lowest BCUT2D eigenvalue weighted by molar-refractivity contribution is -0.116. The number of nitrogens with one attached hydrogen (secondary N) is 1. The van der Waals surface area contributed by atoms with E-state index in [4.69, 9.17) is 11.6 Å². The number of carbonyl (C=O) groups is 1. The van der Waals surface area contributed by atoms with E-state index in [2.05, 4.69) is 28.2 Å². The van der Waals surface area contributed by atoms with Crippen molar-refractivity contribution in [2.75, 3.05) is 6.54 Å².